The molecule has 0 aliphatic carbocycles. The Bertz CT molecular complexity index is 2460. The molecule has 1 aliphatic rings. The van der Waals surface area contributed by atoms with Gasteiger partial charge in [-0.2, -0.15) is 4.98 Å². The summed E-state index contributed by atoms with van der Waals surface area (Å²) >= 11 is 5.42. The second-order valence-corrected chi connectivity index (χ2v) is 16.0. The average molecular weight is 948 g/mol. The first-order chi connectivity index (χ1) is 32.0. The van der Waals surface area contributed by atoms with Crippen LogP contribution in [0.2, 0.25) is 0 Å². The lowest BCUT2D eigenvalue weighted by atomic mass is 10.0. The smallest absolute Gasteiger partial charge is 0.326 e. The van der Waals surface area contributed by atoms with Gasteiger partial charge in [-0.15, -0.1) is 0 Å². The summed E-state index contributed by atoms with van der Waals surface area (Å²) in [5, 5.41) is 53.0. The molecule has 2 amide bonds. The van der Waals surface area contributed by atoms with E-state index in [9.17, 15) is 54.0 Å². The van der Waals surface area contributed by atoms with Gasteiger partial charge in [0.25, 0.3) is 11.5 Å². The van der Waals surface area contributed by atoms with Crippen molar-refractivity contribution in [2.45, 2.75) is 44.3 Å². The fourth-order valence-corrected chi connectivity index (χ4v) is 7.37. The van der Waals surface area contributed by atoms with E-state index in [2.05, 4.69) is 46.5 Å². The van der Waals surface area contributed by atoms with Crippen LogP contribution < -0.4 is 37.9 Å². The number of amides is 2. The minimum absolute atomic E-state index is 0.0367. The third kappa shape index (κ3) is 16.9. The highest BCUT2D eigenvalue weighted by atomic mass is 32.1. The van der Waals surface area contributed by atoms with Crippen molar-refractivity contribution >= 4 is 81.5 Å². The van der Waals surface area contributed by atoms with Crippen molar-refractivity contribution in [3.05, 3.63) is 81.9 Å². The Morgan fingerprint density at radius 2 is 1.46 bits per heavy atom. The lowest BCUT2D eigenvalue weighted by molar-refractivity contribution is -0.140. The average Bonchev–Trinajstić information content (AvgIpc) is 3.33. The molecule has 5 rings (SSSR count). The van der Waals surface area contributed by atoms with Gasteiger partial charge in [0.15, 0.2) is 16.3 Å². The third-order valence-corrected chi connectivity index (χ3v) is 10.7. The normalized spacial score (nSPS) is 15.3. The number of rotatable bonds is 22. The summed E-state index contributed by atoms with van der Waals surface area (Å²) in [7, 11) is 0. The second kappa shape index (κ2) is 24.8. The maximum Gasteiger partial charge on any atom is 0.326 e. The van der Waals surface area contributed by atoms with Gasteiger partial charge in [-0.25, -0.2) is 14.8 Å². The third-order valence-electron chi connectivity index (χ3n) is 10.5. The summed E-state index contributed by atoms with van der Waals surface area (Å²) in [6.07, 6.45) is 2.04. The summed E-state index contributed by atoms with van der Waals surface area (Å²) in [5.74, 6) is -5.52. The number of fused-ring (bicyclic) bond motifs is 1. The van der Waals surface area contributed by atoms with Gasteiger partial charge in [0, 0.05) is 75.2 Å². The number of H-pyrrole nitrogens is 1. The second-order valence-electron chi connectivity index (χ2n) is 15.6. The van der Waals surface area contributed by atoms with Gasteiger partial charge in [-0.05, 0) is 73.4 Å². The molecule has 0 saturated carbocycles. The minimum Gasteiger partial charge on any atom is -0.480 e. The zero-order chi connectivity index (χ0) is 48.5. The predicted octanol–water partition coefficient (Wildman–Crippen LogP) is -0.552. The number of carbonyl (C=O) groups excluding carboxylic acids is 2. The molecule has 358 valence electrons. The highest BCUT2D eigenvalue weighted by Gasteiger charge is 2.28. The van der Waals surface area contributed by atoms with Crippen LogP contribution in [0.4, 0.5) is 17.3 Å². The molecule has 0 bridgehead atoms. The van der Waals surface area contributed by atoms with E-state index in [1.807, 2.05) is 12.1 Å². The Labute approximate surface area is 388 Å². The summed E-state index contributed by atoms with van der Waals surface area (Å²) in [6, 6.07) is 11.9. The molecule has 25 heteroatoms. The number of carboxylic acids is 4. The van der Waals surface area contributed by atoms with Gasteiger partial charge in [-0.1, -0.05) is 12.1 Å². The summed E-state index contributed by atoms with van der Waals surface area (Å²) in [5.41, 5.74) is 7.97. The largest absolute Gasteiger partial charge is 0.480 e. The molecule has 4 aromatic rings. The van der Waals surface area contributed by atoms with Gasteiger partial charge < -0.3 is 52.7 Å². The van der Waals surface area contributed by atoms with Crippen LogP contribution in [-0.2, 0) is 36.9 Å². The quantitative estimate of drug-likeness (QED) is 0.0348. The van der Waals surface area contributed by atoms with E-state index in [0.29, 0.717) is 61.2 Å². The van der Waals surface area contributed by atoms with E-state index in [4.69, 9.17) is 18.0 Å². The molecule has 1 aliphatic heterocycles. The molecular formula is C42H53N13O11S. The molecular weight excluding hydrogens is 895 g/mol. The summed E-state index contributed by atoms with van der Waals surface area (Å²) < 4.78 is 0. The molecule has 2 aromatic heterocycles. The van der Waals surface area contributed by atoms with Crippen LogP contribution in [0.3, 0.4) is 0 Å². The van der Waals surface area contributed by atoms with Gasteiger partial charge in [0.05, 0.1) is 38.1 Å². The maximum atomic E-state index is 12.9. The van der Waals surface area contributed by atoms with Crippen molar-refractivity contribution in [3.63, 3.8) is 0 Å². The van der Waals surface area contributed by atoms with Crippen LogP contribution in [0.25, 0.3) is 11.2 Å². The van der Waals surface area contributed by atoms with Gasteiger partial charge in [0.2, 0.25) is 11.9 Å². The first kappa shape index (κ1) is 50.6. The van der Waals surface area contributed by atoms with E-state index in [1.165, 1.54) is 18.3 Å². The first-order valence-electron chi connectivity index (χ1n) is 21.1. The van der Waals surface area contributed by atoms with Crippen LogP contribution in [0, 0.1) is 0 Å². The number of carboxylic acid groups (broad SMARTS) is 4. The fraction of sp³-hybridized carbons (Fsp3) is 0.405. The molecule has 12 N–H and O–H groups in total. The van der Waals surface area contributed by atoms with Crippen molar-refractivity contribution < 1.29 is 49.2 Å². The summed E-state index contributed by atoms with van der Waals surface area (Å²) in [4.78, 5) is 104. The highest BCUT2D eigenvalue weighted by molar-refractivity contribution is 7.80. The van der Waals surface area contributed by atoms with Crippen LogP contribution in [-0.4, -0.2) is 173 Å². The number of nitrogens with one attached hydrogen (secondary N) is 6. The lowest BCUT2D eigenvalue weighted by Gasteiger charge is -2.33. The predicted molar refractivity (Wildman–Crippen MR) is 247 cm³/mol. The molecule has 2 atom stereocenters. The number of anilines is 3. The molecule has 2 aromatic carbocycles. The molecule has 0 radical (unpaired) electrons. The van der Waals surface area contributed by atoms with Crippen molar-refractivity contribution in [1.29, 1.82) is 0 Å². The van der Waals surface area contributed by atoms with Gasteiger partial charge in [0.1, 0.15) is 6.04 Å². The topological polar surface area (TPSA) is 351 Å². The molecule has 67 heavy (non-hydrogen) atoms. The maximum absolute atomic E-state index is 12.9. The van der Waals surface area contributed by atoms with E-state index >= 15 is 0 Å². The number of nitrogen functional groups attached to an aromatic ring is 1. The number of hydrogen-bond acceptors (Lipinski definition) is 16. The number of aromatic nitrogens is 4. The van der Waals surface area contributed by atoms with Crippen LogP contribution in [0.1, 0.15) is 40.9 Å². The molecule has 1 saturated heterocycles. The van der Waals surface area contributed by atoms with E-state index in [0.717, 1.165) is 5.56 Å². The van der Waals surface area contributed by atoms with E-state index in [1.54, 1.807) is 39.0 Å². The number of thiocarbonyl (C=S) groups is 1. The number of aromatic amines is 1. The number of hydrogen-bond donors (Lipinski definition) is 11. The Balaban J connectivity index is 1.00. The fourth-order valence-electron chi connectivity index (χ4n) is 7.15. The molecule has 3 heterocycles. The monoisotopic (exact) mass is 947 g/mol. The number of benzene rings is 2. The van der Waals surface area contributed by atoms with Crippen molar-refractivity contribution in [2.75, 3.05) is 81.8 Å². The number of nitrogens with zero attached hydrogens (tertiary/aromatic N) is 6. The van der Waals surface area contributed by atoms with Gasteiger partial charge in [-0.3, -0.25) is 48.5 Å². The standard InChI is InChI=1S/C42H53N13O11S/c43-41-51-37-36(39(64)52-41)48-29(20-47-37)19-46-27-8-4-26(5-9-27)38(63)50-31(40(65)66)10-11-32(56)44-12-1-13-45-42(67)49-28-6-2-25(3-7-28)18-30-21-54(23-34(59)60)15-14-53(22-33(57)58)16-17-55(30)24-35(61)62/h2-9,20,30-31,46H,1,10-19,21-24H2,(H,44,56)(H,50,63)(H,57,58)(H,59,60)(H,61,62)(H,65,66)(H2,45,49,67)(H3,43,47,51,52,64). The zero-order valence-corrected chi connectivity index (χ0v) is 37.1. The Kier molecular flexibility index (Phi) is 18.7. The molecule has 1 fully saturated rings. The van der Waals surface area contributed by atoms with Crippen LogP contribution >= 0.6 is 12.2 Å². The summed E-state index contributed by atoms with van der Waals surface area (Å²) in [6.45, 7) is 1.53. The SMILES string of the molecule is Nc1nc2ncc(CNc3ccc(C(=O)NC(CCC(=O)NCCCNC(=S)Nc4ccc(CC5CN(CC(=O)O)CCN(CC(=O)O)CCN5CC(=O)O)cc4)C(=O)O)cc3)nc2c(=O)[nH]1. The Morgan fingerprint density at radius 3 is 2.15 bits per heavy atom. The molecule has 2 unspecified atom stereocenters. The van der Waals surface area contributed by atoms with Gasteiger partial charge >= 0.3 is 23.9 Å². The first-order valence-corrected chi connectivity index (χ1v) is 21.6. The minimum atomic E-state index is -1.32. The Morgan fingerprint density at radius 1 is 0.821 bits per heavy atom. The van der Waals surface area contributed by atoms with Crippen molar-refractivity contribution in [1.82, 2.24) is 50.6 Å². The van der Waals surface area contributed by atoms with Crippen LogP contribution in [0.15, 0.2) is 59.5 Å². The van der Waals surface area contributed by atoms with E-state index < -0.39 is 47.3 Å². The number of carbonyl (C=O) groups is 6. The lowest BCUT2D eigenvalue weighted by Crippen LogP contribution is -2.49. The van der Waals surface area contributed by atoms with Crippen LogP contribution in [0.5, 0.6) is 0 Å². The zero-order valence-electron chi connectivity index (χ0n) is 36.3. The van der Waals surface area contributed by atoms with E-state index in [-0.39, 0.29) is 87.4 Å². The molecule has 24 nitrogen and oxygen atoms in total. The van der Waals surface area contributed by atoms with Crippen molar-refractivity contribution in [3.8, 4) is 0 Å². The highest BCUT2D eigenvalue weighted by Crippen LogP contribution is 2.17. The number of nitrogens with two attached hydrogens (primary N) is 1. The molecule has 0 spiro atoms. The number of aliphatic carboxylic acids is 4. The Hall–Kier alpha value is -7.35. The van der Waals surface area contributed by atoms with Crippen molar-refractivity contribution in [2.24, 2.45) is 0 Å².